The van der Waals surface area contributed by atoms with Gasteiger partial charge in [0, 0.05) is 10.4 Å². The van der Waals surface area contributed by atoms with Gasteiger partial charge in [-0.25, -0.2) is 0 Å². The minimum Gasteiger partial charge on any atom is -0.325 e. The van der Waals surface area contributed by atoms with Crippen molar-refractivity contribution in [1.82, 2.24) is 0 Å². The Labute approximate surface area is 115 Å². The summed E-state index contributed by atoms with van der Waals surface area (Å²) in [5.74, 6) is -0.151. The number of anilines is 1. The number of hydrogen-bond donors (Lipinski definition) is 1. The van der Waals surface area contributed by atoms with Gasteiger partial charge >= 0.3 is 0 Å². The van der Waals surface area contributed by atoms with E-state index in [0.717, 1.165) is 23.9 Å². The molecule has 3 nitrogen and oxygen atoms in total. The summed E-state index contributed by atoms with van der Waals surface area (Å²) in [7, 11) is 0. The van der Waals surface area contributed by atoms with Crippen LogP contribution < -0.4 is 5.32 Å². The van der Waals surface area contributed by atoms with Gasteiger partial charge in [-0.2, -0.15) is 5.26 Å². The second kappa shape index (κ2) is 4.67. The average molecular weight is 270 g/mol. The predicted molar refractivity (Wildman–Crippen MR) is 77.0 cm³/mol. The molecular weight excluding hydrogens is 256 g/mol. The lowest BCUT2D eigenvalue weighted by atomic mass is 9.87. The zero-order valence-electron chi connectivity index (χ0n) is 10.5. The number of rotatable bonds is 2. The van der Waals surface area contributed by atoms with Crippen molar-refractivity contribution in [2.24, 2.45) is 5.41 Å². The summed E-state index contributed by atoms with van der Waals surface area (Å²) in [4.78, 5) is 12.3. The van der Waals surface area contributed by atoms with Gasteiger partial charge in [0.2, 0.25) is 5.91 Å². The number of carbonyl (C=O) groups excluding carboxylic acids is 1. The minimum atomic E-state index is -0.816. The Hall–Kier alpha value is -1.86. The summed E-state index contributed by atoms with van der Waals surface area (Å²) in [5.41, 5.74) is -0.0405. The van der Waals surface area contributed by atoms with E-state index in [2.05, 4.69) is 11.4 Å². The second-order valence-electron chi connectivity index (χ2n) is 5.03. The molecule has 1 fully saturated rings. The van der Waals surface area contributed by atoms with Crippen LogP contribution in [0.2, 0.25) is 0 Å². The molecule has 1 aromatic carbocycles. The maximum atomic E-state index is 12.3. The number of carbonyl (C=O) groups is 1. The number of nitrogens with zero attached hydrogens (tertiary/aromatic N) is 1. The molecule has 1 aliphatic rings. The van der Waals surface area contributed by atoms with Gasteiger partial charge in [-0.1, -0.05) is 12.8 Å². The van der Waals surface area contributed by atoms with Gasteiger partial charge in [-0.3, -0.25) is 4.79 Å². The summed E-state index contributed by atoms with van der Waals surface area (Å²) < 4.78 is 1.20. The van der Waals surface area contributed by atoms with Crippen LogP contribution in [0.5, 0.6) is 0 Å². The van der Waals surface area contributed by atoms with E-state index in [1.807, 2.05) is 29.6 Å². The van der Waals surface area contributed by atoms with Crippen LogP contribution in [0.1, 0.15) is 25.7 Å². The van der Waals surface area contributed by atoms with Crippen molar-refractivity contribution in [2.75, 3.05) is 5.32 Å². The Morgan fingerprint density at radius 3 is 2.84 bits per heavy atom. The molecule has 0 unspecified atom stereocenters. The molecule has 1 N–H and O–H groups in total. The maximum absolute atomic E-state index is 12.3. The molecule has 0 aliphatic heterocycles. The monoisotopic (exact) mass is 270 g/mol. The van der Waals surface area contributed by atoms with Crippen LogP contribution in [0.3, 0.4) is 0 Å². The number of nitriles is 1. The first-order valence-corrected chi connectivity index (χ1v) is 7.31. The number of amides is 1. The first-order chi connectivity index (χ1) is 9.23. The number of hydrogen-bond acceptors (Lipinski definition) is 3. The van der Waals surface area contributed by atoms with Crippen molar-refractivity contribution >= 4 is 33.0 Å². The number of benzene rings is 1. The van der Waals surface area contributed by atoms with Crippen LogP contribution in [-0.2, 0) is 4.79 Å². The van der Waals surface area contributed by atoms with Crippen molar-refractivity contribution < 1.29 is 4.79 Å². The van der Waals surface area contributed by atoms with Gasteiger partial charge in [0.15, 0.2) is 0 Å². The lowest BCUT2D eigenvalue weighted by Gasteiger charge is -2.19. The molecule has 2 aromatic rings. The molecule has 0 bridgehead atoms. The maximum Gasteiger partial charge on any atom is 0.244 e. The number of thiophene rings is 1. The van der Waals surface area contributed by atoms with Crippen LogP contribution in [0.15, 0.2) is 29.6 Å². The van der Waals surface area contributed by atoms with Crippen molar-refractivity contribution in [3.63, 3.8) is 0 Å². The molecule has 0 saturated heterocycles. The lowest BCUT2D eigenvalue weighted by Crippen LogP contribution is -2.32. The Kier molecular flexibility index (Phi) is 3.00. The highest BCUT2D eigenvalue weighted by atomic mass is 32.1. The summed E-state index contributed by atoms with van der Waals surface area (Å²) in [6, 6.07) is 10.1. The highest BCUT2D eigenvalue weighted by molar-refractivity contribution is 7.17. The topological polar surface area (TPSA) is 52.9 Å². The van der Waals surface area contributed by atoms with E-state index in [9.17, 15) is 10.1 Å². The SMILES string of the molecule is N#CC1(C(=O)Nc2ccc3sccc3c2)CCCC1. The van der Waals surface area contributed by atoms with E-state index >= 15 is 0 Å². The standard InChI is InChI=1S/C15H14N2OS/c16-10-15(6-1-2-7-15)14(18)17-12-3-4-13-11(9-12)5-8-19-13/h3-5,8-9H,1-2,6-7H2,(H,17,18). The Morgan fingerprint density at radius 2 is 2.11 bits per heavy atom. The van der Waals surface area contributed by atoms with Gasteiger partial charge in [-0.05, 0) is 47.9 Å². The summed E-state index contributed by atoms with van der Waals surface area (Å²) in [6.45, 7) is 0. The van der Waals surface area contributed by atoms with Crippen molar-refractivity contribution in [3.8, 4) is 6.07 Å². The number of fused-ring (bicyclic) bond motifs is 1. The predicted octanol–water partition coefficient (Wildman–Crippen LogP) is 3.92. The third-order valence-electron chi connectivity index (χ3n) is 3.82. The highest BCUT2D eigenvalue weighted by Crippen LogP contribution is 2.38. The fourth-order valence-electron chi connectivity index (χ4n) is 2.66. The van der Waals surface area contributed by atoms with E-state index in [0.29, 0.717) is 12.8 Å². The summed E-state index contributed by atoms with van der Waals surface area (Å²) in [5, 5.41) is 15.4. The molecule has 0 radical (unpaired) electrons. The fourth-order valence-corrected chi connectivity index (χ4v) is 3.43. The van der Waals surface area contributed by atoms with Crippen LogP contribution in [0.4, 0.5) is 5.69 Å². The lowest BCUT2D eigenvalue weighted by molar-refractivity contribution is -0.122. The van der Waals surface area contributed by atoms with E-state index in [1.165, 1.54) is 4.70 Å². The Balaban J connectivity index is 1.84. The molecule has 1 aliphatic carbocycles. The van der Waals surface area contributed by atoms with Crippen LogP contribution in [0.25, 0.3) is 10.1 Å². The fraction of sp³-hybridized carbons (Fsp3) is 0.333. The molecule has 19 heavy (non-hydrogen) atoms. The molecule has 3 rings (SSSR count). The van der Waals surface area contributed by atoms with Crippen molar-refractivity contribution in [3.05, 3.63) is 29.6 Å². The molecule has 1 heterocycles. The van der Waals surface area contributed by atoms with E-state index in [-0.39, 0.29) is 5.91 Å². The molecular formula is C15H14N2OS. The van der Waals surface area contributed by atoms with Gasteiger partial charge in [0.25, 0.3) is 0 Å². The second-order valence-corrected chi connectivity index (χ2v) is 5.98. The van der Waals surface area contributed by atoms with Gasteiger partial charge in [-0.15, -0.1) is 11.3 Å². The van der Waals surface area contributed by atoms with Crippen LogP contribution in [-0.4, -0.2) is 5.91 Å². The molecule has 1 amide bonds. The Bertz CT molecular complexity index is 662. The van der Waals surface area contributed by atoms with Crippen molar-refractivity contribution in [2.45, 2.75) is 25.7 Å². The zero-order chi connectivity index (χ0) is 13.3. The van der Waals surface area contributed by atoms with Crippen LogP contribution in [0, 0.1) is 16.7 Å². The summed E-state index contributed by atoms with van der Waals surface area (Å²) in [6.07, 6.45) is 3.28. The first-order valence-electron chi connectivity index (χ1n) is 6.43. The first kappa shape index (κ1) is 12.2. The highest BCUT2D eigenvalue weighted by Gasteiger charge is 2.41. The third-order valence-corrected chi connectivity index (χ3v) is 4.71. The smallest absolute Gasteiger partial charge is 0.244 e. The quantitative estimate of drug-likeness (QED) is 0.899. The molecule has 0 spiro atoms. The number of nitrogens with one attached hydrogen (secondary N) is 1. The molecule has 1 aromatic heterocycles. The van der Waals surface area contributed by atoms with Gasteiger partial charge in [0.05, 0.1) is 6.07 Å². The molecule has 1 saturated carbocycles. The minimum absolute atomic E-state index is 0.151. The van der Waals surface area contributed by atoms with Crippen LogP contribution >= 0.6 is 11.3 Å². The molecule has 4 heteroatoms. The average Bonchev–Trinajstić information content (AvgIpc) is 3.07. The Morgan fingerprint density at radius 1 is 1.32 bits per heavy atom. The third kappa shape index (κ3) is 2.11. The van der Waals surface area contributed by atoms with E-state index < -0.39 is 5.41 Å². The van der Waals surface area contributed by atoms with E-state index in [4.69, 9.17) is 0 Å². The summed E-state index contributed by atoms with van der Waals surface area (Å²) >= 11 is 1.68. The van der Waals surface area contributed by atoms with Gasteiger partial charge in [0.1, 0.15) is 5.41 Å². The zero-order valence-corrected chi connectivity index (χ0v) is 11.3. The molecule has 0 atom stereocenters. The normalized spacial score (nSPS) is 17.2. The van der Waals surface area contributed by atoms with E-state index in [1.54, 1.807) is 11.3 Å². The van der Waals surface area contributed by atoms with Gasteiger partial charge < -0.3 is 5.32 Å². The van der Waals surface area contributed by atoms with Crippen molar-refractivity contribution in [1.29, 1.82) is 5.26 Å². The molecule has 96 valence electrons. The largest absolute Gasteiger partial charge is 0.325 e.